The SMILES string of the molecule is COC1(NC(N)=O)C(=N)N(C)C(=O)N1C. The largest absolute Gasteiger partial charge is 0.352 e. The number of primary amides is 1. The van der Waals surface area contributed by atoms with Crippen LogP contribution in [0.2, 0.25) is 0 Å². The first kappa shape index (κ1) is 11.2. The van der Waals surface area contributed by atoms with Crippen LogP contribution in [0.15, 0.2) is 0 Å². The van der Waals surface area contributed by atoms with Crippen molar-refractivity contribution < 1.29 is 14.3 Å². The monoisotopic (exact) mass is 215 g/mol. The molecule has 15 heavy (non-hydrogen) atoms. The number of carbonyl (C=O) groups excluding carboxylic acids is 2. The lowest BCUT2D eigenvalue weighted by molar-refractivity contribution is -0.0518. The van der Waals surface area contributed by atoms with Crippen LogP contribution in [-0.2, 0) is 4.74 Å². The molecule has 0 radical (unpaired) electrons. The summed E-state index contributed by atoms with van der Waals surface area (Å²) in [5, 5.41) is 9.90. The normalized spacial score (nSPS) is 26.1. The van der Waals surface area contributed by atoms with Crippen LogP contribution >= 0.6 is 0 Å². The Kier molecular flexibility index (Phi) is 2.54. The highest BCUT2D eigenvalue weighted by Crippen LogP contribution is 2.23. The zero-order valence-corrected chi connectivity index (χ0v) is 8.70. The zero-order chi connectivity index (χ0) is 11.8. The third-order valence-electron chi connectivity index (χ3n) is 2.29. The van der Waals surface area contributed by atoms with Gasteiger partial charge < -0.3 is 10.5 Å². The summed E-state index contributed by atoms with van der Waals surface area (Å²) in [6.07, 6.45) is 0. The van der Waals surface area contributed by atoms with Gasteiger partial charge in [0.1, 0.15) is 0 Å². The van der Waals surface area contributed by atoms with E-state index in [1.54, 1.807) is 0 Å². The maximum Gasteiger partial charge on any atom is 0.329 e. The van der Waals surface area contributed by atoms with E-state index in [0.29, 0.717) is 0 Å². The smallest absolute Gasteiger partial charge is 0.329 e. The van der Waals surface area contributed by atoms with E-state index in [-0.39, 0.29) is 5.84 Å². The van der Waals surface area contributed by atoms with Crippen molar-refractivity contribution in [2.45, 2.75) is 5.85 Å². The van der Waals surface area contributed by atoms with Gasteiger partial charge in [-0.2, -0.15) is 0 Å². The molecule has 0 aromatic heterocycles. The molecule has 1 fully saturated rings. The van der Waals surface area contributed by atoms with E-state index in [4.69, 9.17) is 15.9 Å². The second-order valence-corrected chi connectivity index (χ2v) is 3.09. The Bertz CT molecular complexity index is 331. The predicted molar refractivity (Wildman–Crippen MR) is 51.1 cm³/mol. The lowest BCUT2D eigenvalue weighted by Gasteiger charge is -2.32. The zero-order valence-electron chi connectivity index (χ0n) is 8.70. The average Bonchev–Trinajstić information content (AvgIpc) is 2.33. The lowest BCUT2D eigenvalue weighted by atomic mass is 10.3. The Morgan fingerprint density at radius 3 is 2.40 bits per heavy atom. The van der Waals surface area contributed by atoms with Crippen LogP contribution in [0.1, 0.15) is 0 Å². The predicted octanol–water partition coefficient (Wildman–Crippen LogP) is -1.07. The van der Waals surface area contributed by atoms with Gasteiger partial charge in [-0.05, 0) is 0 Å². The topological polar surface area (TPSA) is 112 Å². The minimum atomic E-state index is -1.61. The van der Waals surface area contributed by atoms with Crippen molar-refractivity contribution in [3.8, 4) is 0 Å². The van der Waals surface area contributed by atoms with Gasteiger partial charge in [-0.15, -0.1) is 0 Å². The van der Waals surface area contributed by atoms with Gasteiger partial charge in [0.05, 0.1) is 0 Å². The van der Waals surface area contributed by atoms with Gasteiger partial charge in [0, 0.05) is 21.2 Å². The fraction of sp³-hybridized carbons (Fsp3) is 0.571. The molecule has 0 spiro atoms. The molecule has 4 amide bonds. The number of nitrogens with two attached hydrogens (primary N) is 1. The molecule has 0 saturated carbocycles. The number of nitrogens with zero attached hydrogens (tertiary/aromatic N) is 2. The molecule has 1 unspecified atom stereocenters. The van der Waals surface area contributed by atoms with Crippen LogP contribution in [0.25, 0.3) is 0 Å². The molecule has 0 aromatic rings. The minimum Gasteiger partial charge on any atom is -0.352 e. The third-order valence-corrected chi connectivity index (χ3v) is 2.29. The summed E-state index contributed by atoms with van der Waals surface area (Å²) in [5.41, 5.74) is 4.97. The highest BCUT2D eigenvalue weighted by atomic mass is 16.5. The van der Waals surface area contributed by atoms with Crippen LogP contribution in [0, 0.1) is 5.41 Å². The van der Waals surface area contributed by atoms with E-state index in [1.165, 1.54) is 21.2 Å². The molecular weight excluding hydrogens is 202 g/mol. The molecule has 8 nitrogen and oxygen atoms in total. The molecule has 1 saturated heterocycles. The molecule has 0 aromatic carbocycles. The van der Waals surface area contributed by atoms with E-state index in [1.807, 2.05) is 0 Å². The third kappa shape index (κ3) is 1.38. The number of rotatable bonds is 2. The maximum atomic E-state index is 11.5. The number of hydrogen-bond donors (Lipinski definition) is 3. The molecule has 8 heteroatoms. The summed E-state index contributed by atoms with van der Waals surface area (Å²) in [5.74, 6) is -1.81. The number of carbonyl (C=O) groups is 2. The summed E-state index contributed by atoms with van der Waals surface area (Å²) in [6.45, 7) is 0. The first-order chi connectivity index (χ1) is 6.86. The Labute approximate surface area is 86.5 Å². The van der Waals surface area contributed by atoms with Crippen molar-refractivity contribution in [3.63, 3.8) is 0 Å². The first-order valence-electron chi connectivity index (χ1n) is 4.10. The second kappa shape index (κ2) is 3.39. The first-order valence-corrected chi connectivity index (χ1v) is 4.10. The standard InChI is InChI=1S/C7H13N5O3/c1-11-4(8)7(15-3,10-5(9)13)12(2)6(11)14/h8H,1-3H3,(H3,9,10,13). The minimum absolute atomic E-state index is 0.198. The highest BCUT2D eigenvalue weighted by molar-refractivity contribution is 6.08. The van der Waals surface area contributed by atoms with Gasteiger partial charge in [-0.25, -0.2) is 9.59 Å². The Balaban J connectivity index is 3.13. The van der Waals surface area contributed by atoms with Crippen molar-refractivity contribution in [2.75, 3.05) is 21.2 Å². The Morgan fingerprint density at radius 1 is 1.60 bits per heavy atom. The number of likely N-dealkylation sites (N-methyl/N-ethyl adjacent to an activating group) is 2. The number of urea groups is 2. The molecular formula is C7H13N5O3. The van der Waals surface area contributed by atoms with Crippen molar-refractivity contribution in [1.82, 2.24) is 15.1 Å². The summed E-state index contributed by atoms with van der Waals surface area (Å²) in [7, 11) is 4.08. The average molecular weight is 215 g/mol. The fourth-order valence-corrected chi connectivity index (χ4v) is 1.44. The molecule has 0 bridgehead atoms. The van der Waals surface area contributed by atoms with Crippen molar-refractivity contribution >= 4 is 17.9 Å². The molecule has 1 aliphatic rings. The molecule has 1 heterocycles. The number of ether oxygens (including phenoxy) is 1. The van der Waals surface area contributed by atoms with E-state index in [2.05, 4.69) is 5.32 Å². The van der Waals surface area contributed by atoms with Crippen LogP contribution in [0.4, 0.5) is 9.59 Å². The molecule has 4 N–H and O–H groups in total. The van der Waals surface area contributed by atoms with E-state index in [0.717, 1.165) is 9.80 Å². The van der Waals surface area contributed by atoms with Gasteiger partial charge >= 0.3 is 12.1 Å². The number of amidine groups is 1. The summed E-state index contributed by atoms with van der Waals surface area (Å²) in [4.78, 5) is 24.5. The summed E-state index contributed by atoms with van der Waals surface area (Å²) < 4.78 is 5.00. The Morgan fingerprint density at radius 2 is 2.13 bits per heavy atom. The number of methoxy groups -OCH3 is 1. The molecule has 1 aliphatic heterocycles. The maximum absolute atomic E-state index is 11.5. The van der Waals surface area contributed by atoms with Crippen LogP contribution in [0.3, 0.4) is 0 Å². The van der Waals surface area contributed by atoms with Crippen molar-refractivity contribution in [3.05, 3.63) is 0 Å². The van der Waals surface area contributed by atoms with Gasteiger partial charge in [0.15, 0.2) is 5.84 Å². The van der Waals surface area contributed by atoms with E-state index >= 15 is 0 Å². The van der Waals surface area contributed by atoms with Crippen LogP contribution in [-0.4, -0.2) is 54.8 Å². The highest BCUT2D eigenvalue weighted by Gasteiger charge is 2.53. The molecule has 84 valence electrons. The fourth-order valence-electron chi connectivity index (χ4n) is 1.44. The summed E-state index contributed by atoms with van der Waals surface area (Å²) in [6, 6.07) is -1.34. The van der Waals surface area contributed by atoms with E-state index < -0.39 is 17.9 Å². The van der Waals surface area contributed by atoms with Crippen LogP contribution < -0.4 is 11.1 Å². The van der Waals surface area contributed by atoms with Crippen LogP contribution in [0.5, 0.6) is 0 Å². The van der Waals surface area contributed by atoms with Gasteiger partial charge in [-0.3, -0.25) is 20.5 Å². The van der Waals surface area contributed by atoms with Crippen molar-refractivity contribution in [2.24, 2.45) is 5.73 Å². The molecule has 1 atom stereocenters. The van der Waals surface area contributed by atoms with Crippen molar-refractivity contribution in [1.29, 1.82) is 5.41 Å². The lowest BCUT2D eigenvalue weighted by Crippen LogP contribution is -2.63. The number of hydrogen-bond acceptors (Lipinski definition) is 4. The number of nitrogens with one attached hydrogen (secondary N) is 2. The number of amides is 4. The van der Waals surface area contributed by atoms with Gasteiger partial charge in [-0.1, -0.05) is 0 Å². The second-order valence-electron chi connectivity index (χ2n) is 3.09. The van der Waals surface area contributed by atoms with Gasteiger partial charge in [0.25, 0.3) is 5.85 Å². The molecule has 1 rings (SSSR count). The quantitative estimate of drug-likeness (QED) is 0.510. The molecule has 0 aliphatic carbocycles. The Hall–Kier alpha value is -1.83. The summed E-state index contributed by atoms with van der Waals surface area (Å²) >= 11 is 0. The van der Waals surface area contributed by atoms with E-state index in [9.17, 15) is 9.59 Å². The van der Waals surface area contributed by atoms with Gasteiger partial charge in [0.2, 0.25) is 0 Å².